The Kier molecular flexibility index (Phi) is 8.74. The molecule has 0 bridgehead atoms. The van der Waals surface area contributed by atoms with E-state index in [1.165, 1.54) is 17.0 Å². The van der Waals surface area contributed by atoms with Crippen molar-refractivity contribution in [3.8, 4) is 0 Å². The highest BCUT2D eigenvalue weighted by Crippen LogP contribution is 2.45. The highest BCUT2D eigenvalue weighted by molar-refractivity contribution is 7.85. The van der Waals surface area contributed by atoms with Crippen LogP contribution in [-0.2, 0) is 43.3 Å². The molecule has 0 unspecified atom stereocenters. The molecule has 14 heteroatoms. The molecule has 1 aliphatic heterocycles. The monoisotopic (exact) mass is 589 g/mol. The number of carbonyl (C=O) groups is 1. The van der Waals surface area contributed by atoms with Crippen molar-refractivity contribution in [2.75, 3.05) is 26.0 Å². The van der Waals surface area contributed by atoms with Crippen molar-refractivity contribution in [1.29, 1.82) is 0 Å². The number of carbonyl (C=O) groups excluding carboxylic acids is 1. The van der Waals surface area contributed by atoms with Crippen molar-refractivity contribution in [3.63, 3.8) is 0 Å². The summed E-state index contributed by atoms with van der Waals surface area (Å²) in [7, 11) is -3.94. The van der Waals surface area contributed by atoms with Crippen molar-refractivity contribution < 1.29 is 48.1 Å². The van der Waals surface area contributed by atoms with E-state index < -0.39 is 63.8 Å². The van der Waals surface area contributed by atoms with Crippen molar-refractivity contribution in [2.24, 2.45) is 0 Å². The van der Waals surface area contributed by atoms with Crippen molar-refractivity contribution in [3.05, 3.63) is 69.5 Å². The van der Waals surface area contributed by atoms with Crippen LogP contribution in [0.1, 0.15) is 41.5 Å². The molecule has 5 nitrogen and oxygen atoms in total. The van der Waals surface area contributed by atoms with Crippen LogP contribution in [0.2, 0.25) is 5.02 Å². The van der Waals surface area contributed by atoms with Crippen LogP contribution in [0.15, 0.2) is 36.4 Å². The van der Waals surface area contributed by atoms with Gasteiger partial charge in [-0.3, -0.25) is 8.98 Å². The van der Waals surface area contributed by atoms with Gasteiger partial charge in [0.15, 0.2) is 0 Å². The molecule has 0 aliphatic carbocycles. The molecule has 1 fully saturated rings. The van der Waals surface area contributed by atoms with Gasteiger partial charge in [0.05, 0.1) is 30.4 Å². The van der Waals surface area contributed by atoms with Gasteiger partial charge < -0.3 is 4.90 Å². The molecule has 0 spiro atoms. The van der Waals surface area contributed by atoms with Gasteiger partial charge in [0.1, 0.15) is 5.82 Å². The molecule has 2 aromatic rings. The van der Waals surface area contributed by atoms with Crippen LogP contribution in [0.3, 0.4) is 0 Å². The molecule has 0 radical (unpaired) electrons. The number of alkyl halides is 6. The summed E-state index contributed by atoms with van der Waals surface area (Å²) in [5.74, 6) is -1.33. The molecule has 210 valence electrons. The topological polar surface area (TPSA) is 63.7 Å². The molecule has 1 saturated heterocycles. The molecular weight excluding hydrogens is 567 g/mol. The summed E-state index contributed by atoms with van der Waals surface area (Å²) in [6.45, 7) is -0.595. The summed E-state index contributed by atoms with van der Waals surface area (Å²) in [4.78, 5) is 14.3. The maximum absolute atomic E-state index is 14.2. The third-order valence-corrected chi connectivity index (χ3v) is 7.39. The van der Waals surface area contributed by atoms with Crippen LogP contribution in [0.5, 0.6) is 0 Å². The average molecular weight is 590 g/mol. The molecule has 1 heterocycles. The Hall–Kier alpha value is -2.38. The van der Waals surface area contributed by atoms with Crippen LogP contribution in [0, 0.1) is 5.82 Å². The standard InChI is InChI=1S/C24H23ClF7NO4S/c1-38(35,36)37-11-9-22(15-6-7-17(23(27,28)29)18(12-15)24(30,31)32)8-3-10-33(14-22)21(34)13-16-19(25)4-2-5-20(16)26/h2,4-7,12H,3,8-11,13-14H2,1H3/t22-/m1/s1. The first-order valence-corrected chi connectivity index (χ1v) is 13.5. The van der Waals surface area contributed by atoms with Crippen LogP contribution in [0.25, 0.3) is 0 Å². The lowest BCUT2D eigenvalue weighted by atomic mass is 9.71. The van der Waals surface area contributed by atoms with Gasteiger partial charge in [0.2, 0.25) is 5.91 Å². The number of hydrogen-bond donors (Lipinski definition) is 0. The second-order valence-corrected chi connectivity index (χ2v) is 11.2. The summed E-state index contributed by atoms with van der Waals surface area (Å²) in [5, 5.41) is 0.000679. The lowest BCUT2D eigenvalue weighted by Gasteiger charge is -2.44. The zero-order chi connectivity index (χ0) is 28.5. The van der Waals surface area contributed by atoms with Gasteiger partial charge >= 0.3 is 12.4 Å². The fourth-order valence-corrected chi connectivity index (χ4v) is 5.25. The number of rotatable bonds is 7. The Bertz CT molecular complexity index is 1280. The van der Waals surface area contributed by atoms with Gasteiger partial charge in [-0.2, -0.15) is 34.8 Å². The number of amides is 1. The molecule has 3 rings (SSSR count). The van der Waals surface area contributed by atoms with Crippen molar-refractivity contribution >= 4 is 27.6 Å². The Morgan fingerprint density at radius 3 is 2.32 bits per heavy atom. The molecular formula is C24H23ClF7NO4S. The minimum atomic E-state index is -5.34. The highest BCUT2D eigenvalue weighted by Gasteiger charge is 2.46. The van der Waals surface area contributed by atoms with Gasteiger partial charge in [-0.05, 0) is 49.1 Å². The lowest BCUT2D eigenvalue weighted by Crippen LogP contribution is -2.49. The molecule has 0 N–H and O–H groups in total. The van der Waals surface area contributed by atoms with E-state index >= 15 is 0 Å². The van der Waals surface area contributed by atoms with Gasteiger partial charge in [-0.25, -0.2) is 4.39 Å². The summed E-state index contributed by atoms with van der Waals surface area (Å²) in [6.07, 6.45) is -10.1. The molecule has 1 aliphatic rings. The number of likely N-dealkylation sites (tertiary alicyclic amines) is 1. The number of nitrogens with zero attached hydrogens (tertiary/aromatic N) is 1. The van der Waals surface area contributed by atoms with E-state index in [4.69, 9.17) is 15.8 Å². The maximum atomic E-state index is 14.2. The van der Waals surface area contributed by atoms with Crippen LogP contribution < -0.4 is 0 Å². The summed E-state index contributed by atoms with van der Waals surface area (Å²) >= 11 is 6.00. The highest BCUT2D eigenvalue weighted by atomic mass is 35.5. The minimum absolute atomic E-state index is 0.000679. The van der Waals surface area contributed by atoms with Crippen LogP contribution >= 0.6 is 11.6 Å². The van der Waals surface area contributed by atoms with E-state index in [2.05, 4.69) is 0 Å². The Morgan fingerprint density at radius 2 is 1.74 bits per heavy atom. The van der Waals surface area contributed by atoms with Gasteiger partial charge in [-0.1, -0.05) is 23.7 Å². The predicted molar refractivity (Wildman–Crippen MR) is 124 cm³/mol. The first kappa shape index (κ1) is 30.2. The minimum Gasteiger partial charge on any atom is -0.342 e. The zero-order valence-corrected chi connectivity index (χ0v) is 21.5. The molecule has 1 atom stereocenters. The van der Waals surface area contributed by atoms with Gasteiger partial charge in [0.25, 0.3) is 10.1 Å². The van der Waals surface area contributed by atoms with Gasteiger partial charge in [-0.15, -0.1) is 0 Å². The summed E-state index contributed by atoms with van der Waals surface area (Å²) < 4.78 is 123. The second-order valence-electron chi connectivity index (χ2n) is 9.11. The molecule has 1 amide bonds. The first-order valence-electron chi connectivity index (χ1n) is 11.3. The second kappa shape index (κ2) is 11.0. The first-order chi connectivity index (χ1) is 17.4. The van der Waals surface area contributed by atoms with E-state index in [1.807, 2.05) is 0 Å². The quantitative estimate of drug-likeness (QED) is 0.294. The third kappa shape index (κ3) is 7.17. The Balaban J connectivity index is 2.03. The molecule has 2 aromatic carbocycles. The molecule has 0 saturated carbocycles. The van der Waals surface area contributed by atoms with Gasteiger partial charge in [0, 0.05) is 29.1 Å². The van der Waals surface area contributed by atoms with E-state index in [1.54, 1.807) is 0 Å². The Morgan fingerprint density at radius 1 is 1.08 bits per heavy atom. The normalized spacial score (nSPS) is 19.0. The van der Waals surface area contributed by atoms with E-state index in [0.717, 1.165) is 18.4 Å². The SMILES string of the molecule is CS(=O)(=O)OCC[C@]1(c2ccc(C(F)(F)F)c(C(F)(F)F)c2)CCCN(C(=O)Cc2c(F)cccc2Cl)C1. The fraction of sp³-hybridized carbons (Fsp3) is 0.458. The Labute approximate surface area is 219 Å². The summed E-state index contributed by atoms with van der Waals surface area (Å²) in [6, 6.07) is 5.47. The van der Waals surface area contributed by atoms with Crippen LogP contribution in [0.4, 0.5) is 30.7 Å². The average Bonchev–Trinajstić information content (AvgIpc) is 2.79. The smallest absolute Gasteiger partial charge is 0.342 e. The number of piperidine rings is 1. The maximum Gasteiger partial charge on any atom is 0.417 e. The molecule has 0 aromatic heterocycles. The van der Waals surface area contributed by atoms with E-state index in [9.17, 15) is 43.9 Å². The summed E-state index contributed by atoms with van der Waals surface area (Å²) in [5.41, 5.74) is -5.37. The fourth-order valence-electron chi connectivity index (χ4n) is 4.64. The zero-order valence-electron chi connectivity index (χ0n) is 19.9. The molecule has 38 heavy (non-hydrogen) atoms. The number of halogens is 8. The lowest BCUT2D eigenvalue weighted by molar-refractivity contribution is -0.162. The van der Waals surface area contributed by atoms with Crippen LogP contribution in [-0.4, -0.2) is 45.2 Å². The van der Waals surface area contributed by atoms with Crippen molar-refractivity contribution in [2.45, 2.75) is 43.5 Å². The predicted octanol–water partition coefficient (Wildman–Crippen LogP) is 5.99. The van der Waals surface area contributed by atoms with Crippen molar-refractivity contribution in [1.82, 2.24) is 4.90 Å². The van der Waals surface area contributed by atoms with E-state index in [0.29, 0.717) is 12.1 Å². The third-order valence-electron chi connectivity index (χ3n) is 6.44. The largest absolute Gasteiger partial charge is 0.417 e. The number of hydrogen-bond acceptors (Lipinski definition) is 4. The van der Waals surface area contributed by atoms with E-state index in [-0.39, 0.29) is 48.5 Å². The number of benzene rings is 2.